The van der Waals surface area contributed by atoms with Crippen LogP contribution in [-0.2, 0) is 16.6 Å². The molecule has 0 aliphatic carbocycles. The Kier molecular flexibility index (Phi) is 6.92. The maximum absolute atomic E-state index is 12.6. The van der Waals surface area contributed by atoms with E-state index in [0.717, 1.165) is 0 Å². The molecule has 27 heavy (non-hydrogen) atoms. The summed E-state index contributed by atoms with van der Waals surface area (Å²) in [5.41, 5.74) is 0. The minimum absolute atomic E-state index is 0.0144. The first kappa shape index (κ1) is 22.1. The number of nitrogens with one attached hydrogen (secondary N) is 1. The van der Waals surface area contributed by atoms with E-state index >= 15 is 0 Å². The van der Waals surface area contributed by atoms with Crippen LogP contribution in [-0.4, -0.2) is 36.0 Å². The smallest absolute Gasteiger partial charge is 0.422 e. The fraction of sp³-hybridized carbons (Fsp3) is 0.429. The van der Waals surface area contributed by atoms with Gasteiger partial charge in [-0.3, -0.25) is 4.57 Å². The molecule has 1 heterocycles. The summed E-state index contributed by atoms with van der Waals surface area (Å²) in [6.45, 7) is 1.85. The van der Waals surface area contributed by atoms with Gasteiger partial charge in [0.2, 0.25) is 10.0 Å². The molecule has 0 unspecified atom stereocenters. The predicted octanol–water partition coefficient (Wildman–Crippen LogP) is 3.80. The fourth-order valence-corrected chi connectivity index (χ4v) is 4.17. The molecule has 0 spiro atoms. The molecule has 0 aliphatic heterocycles. The van der Waals surface area contributed by atoms with Crippen molar-refractivity contribution in [3.63, 3.8) is 0 Å². The molecule has 1 aromatic carbocycles. The molecule has 7 nitrogen and oxygen atoms in total. The second-order valence-corrected chi connectivity index (χ2v) is 8.83. The zero-order valence-electron chi connectivity index (χ0n) is 14.1. The van der Waals surface area contributed by atoms with Crippen LogP contribution in [0.15, 0.2) is 32.0 Å². The molecule has 2 aromatic rings. The molecule has 0 radical (unpaired) electrons. The van der Waals surface area contributed by atoms with Crippen LogP contribution in [0.5, 0.6) is 6.01 Å². The maximum atomic E-state index is 12.6. The van der Waals surface area contributed by atoms with Gasteiger partial charge in [-0.15, -0.1) is 5.10 Å². The maximum Gasteiger partial charge on any atom is 0.422 e. The van der Waals surface area contributed by atoms with E-state index in [9.17, 15) is 21.6 Å². The van der Waals surface area contributed by atoms with Crippen LogP contribution in [0.1, 0.15) is 25.7 Å². The number of benzene rings is 1. The average Bonchev–Trinajstić information content (AvgIpc) is 2.97. The highest BCUT2D eigenvalue weighted by Crippen LogP contribution is 2.27. The Morgan fingerprint density at radius 3 is 2.48 bits per heavy atom. The summed E-state index contributed by atoms with van der Waals surface area (Å²) in [5, 5.41) is 7.36. The summed E-state index contributed by atoms with van der Waals surface area (Å²) in [5.74, 6) is 0.134. The molecule has 150 valence electrons. The zero-order chi connectivity index (χ0) is 20.4. The largest absolute Gasteiger partial charge is 0.454 e. The quantitative estimate of drug-likeness (QED) is 0.582. The first-order valence-electron chi connectivity index (χ1n) is 7.54. The van der Waals surface area contributed by atoms with Crippen LogP contribution in [0, 0.1) is 0 Å². The highest BCUT2D eigenvalue weighted by atomic mass is 79.9. The van der Waals surface area contributed by atoms with Crippen molar-refractivity contribution in [2.45, 2.75) is 37.5 Å². The standard InChI is InChI=1S/C14H15Br2F3N4O3S/c1-3-23-12(20-21-13(23)26-7-14(17,18)19)8(2)22-27(24,25)9-4-5-10(15)11(16)6-9/h4-6,8,22H,3,7H2,1-2H3/t8-/m1/s1. The van der Waals surface area contributed by atoms with Crippen molar-refractivity contribution in [2.24, 2.45) is 0 Å². The van der Waals surface area contributed by atoms with Gasteiger partial charge in [-0.25, -0.2) is 13.1 Å². The van der Waals surface area contributed by atoms with Crippen LogP contribution < -0.4 is 9.46 Å². The molecule has 0 fully saturated rings. The molecule has 0 saturated carbocycles. The molecule has 0 saturated heterocycles. The first-order chi connectivity index (χ1) is 12.4. The van der Waals surface area contributed by atoms with Gasteiger partial charge in [0.1, 0.15) is 0 Å². The average molecular weight is 536 g/mol. The SMILES string of the molecule is CCn1c(OCC(F)(F)F)nnc1[C@@H](C)NS(=O)(=O)c1ccc(Br)c(Br)c1. The first-order valence-corrected chi connectivity index (χ1v) is 10.6. The number of hydrogen-bond donors (Lipinski definition) is 1. The lowest BCUT2D eigenvalue weighted by Gasteiger charge is -2.16. The summed E-state index contributed by atoms with van der Waals surface area (Å²) in [4.78, 5) is 0.0144. The highest BCUT2D eigenvalue weighted by molar-refractivity contribution is 9.13. The van der Waals surface area contributed by atoms with Gasteiger partial charge in [-0.1, -0.05) is 5.10 Å². The van der Waals surface area contributed by atoms with Crippen LogP contribution in [0.2, 0.25) is 0 Å². The minimum Gasteiger partial charge on any atom is -0.454 e. The van der Waals surface area contributed by atoms with Crippen LogP contribution >= 0.6 is 31.9 Å². The van der Waals surface area contributed by atoms with E-state index in [0.29, 0.717) is 8.95 Å². The van der Waals surface area contributed by atoms with Crippen molar-refractivity contribution in [1.82, 2.24) is 19.5 Å². The van der Waals surface area contributed by atoms with Crippen molar-refractivity contribution < 1.29 is 26.3 Å². The molecule has 1 N–H and O–H groups in total. The summed E-state index contributed by atoms with van der Waals surface area (Å²) >= 11 is 6.49. The molecule has 0 aliphatic rings. The van der Waals surface area contributed by atoms with Gasteiger partial charge in [0, 0.05) is 15.5 Å². The van der Waals surface area contributed by atoms with Crippen molar-refractivity contribution in [3.8, 4) is 6.01 Å². The van der Waals surface area contributed by atoms with E-state index < -0.39 is 28.8 Å². The molecular formula is C14H15Br2F3N4O3S. The summed E-state index contributed by atoms with van der Waals surface area (Å²) < 4.78 is 71.7. The molecular weight excluding hydrogens is 521 g/mol. The third kappa shape index (κ3) is 5.65. The number of ether oxygens (including phenoxy) is 1. The molecule has 1 atom stereocenters. The minimum atomic E-state index is -4.52. The Morgan fingerprint density at radius 2 is 1.93 bits per heavy atom. The Bertz CT molecular complexity index is 919. The van der Waals surface area contributed by atoms with Crippen molar-refractivity contribution in [1.29, 1.82) is 0 Å². The topological polar surface area (TPSA) is 86.1 Å². The Morgan fingerprint density at radius 1 is 1.26 bits per heavy atom. The number of nitrogens with zero attached hydrogens (tertiary/aromatic N) is 3. The lowest BCUT2D eigenvalue weighted by molar-refractivity contribution is -0.155. The van der Waals surface area contributed by atoms with Crippen LogP contribution in [0.4, 0.5) is 13.2 Å². The van der Waals surface area contributed by atoms with E-state index in [-0.39, 0.29) is 23.3 Å². The Labute approximate surface area is 170 Å². The van der Waals surface area contributed by atoms with Crippen LogP contribution in [0.3, 0.4) is 0 Å². The predicted molar refractivity (Wildman–Crippen MR) is 97.8 cm³/mol. The zero-order valence-corrected chi connectivity index (χ0v) is 18.1. The molecule has 2 rings (SSSR count). The van der Waals surface area contributed by atoms with Crippen LogP contribution in [0.25, 0.3) is 0 Å². The van der Waals surface area contributed by atoms with E-state index in [1.54, 1.807) is 13.0 Å². The van der Waals surface area contributed by atoms with E-state index in [2.05, 4.69) is 51.5 Å². The lowest BCUT2D eigenvalue weighted by Crippen LogP contribution is -2.29. The van der Waals surface area contributed by atoms with E-state index in [1.165, 1.54) is 23.6 Å². The highest BCUT2D eigenvalue weighted by Gasteiger charge is 2.30. The second kappa shape index (κ2) is 8.45. The van der Waals surface area contributed by atoms with Gasteiger partial charge >= 0.3 is 12.2 Å². The van der Waals surface area contributed by atoms with Gasteiger partial charge in [-0.05, 0) is 63.9 Å². The monoisotopic (exact) mass is 534 g/mol. The number of hydrogen-bond acceptors (Lipinski definition) is 5. The van der Waals surface area contributed by atoms with Gasteiger partial charge in [0.15, 0.2) is 12.4 Å². The molecule has 1 aromatic heterocycles. The normalized spacial score (nSPS) is 13.6. The van der Waals surface area contributed by atoms with Gasteiger partial charge in [0.05, 0.1) is 10.9 Å². The van der Waals surface area contributed by atoms with Gasteiger partial charge in [0.25, 0.3) is 0 Å². The van der Waals surface area contributed by atoms with Crippen molar-refractivity contribution in [3.05, 3.63) is 33.0 Å². The number of aromatic nitrogens is 3. The number of sulfonamides is 1. The molecule has 13 heteroatoms. The fourth-order valence-electron chi connectivity index (χ4n) is 2.17. The number of halogens is 5. The van der Waals surface area contributed by atoms with Gasteiger partial charge < -0.3 is 4.74 Å². The van der Waals surface area contributed by atoms with Crippen molar-refractivity contribution in [2.75, 3.05) is 6.61 Å². The molecule has 0 amide bonds. The van der Waals surface area contributed by atoms with Crippen molar-refractivity contribution >= 4 is 41.9 Å². The number of alkyl halides is 3. The second-order valence-electron chi connectivity index (χ2n) is 5.41. The summed E-state index contributed by atoms with van der Waals surface area (Å²) in [6.07, 6.45) is -4.52. The Balaban J connectivity index is 2.23. The third-order valence-electron chi connectivity index (χ3n) is 3.35. The third-order valence-corrected chi connectivity index (χ3v) is 6.77. The summed E-state index contributed by atoms with van der Waals surface area (Å²) in [6, 6.07) is 3.21. The van der Waals surface area contributed by atoms with E-state index in [1.807, 2.05) is 0 Å². The van der Waals surface area contributed by atoms with E-state index in [4.69, 9.17) is 0 Å². The Hall–Kier alpha value is -1.18. The van der Waals surface area contributed by atoms with Gasteiger partial charge in [-0.2, -0.15) is 13.2 Å². The lowest BCUT2D eigenvalue weighted by atomic mass is 10.3. The summed E-state index contributed by atoms with van der Waals surface area (Å²) in [7, 11) is -3.90. The number of rotatable bonds is 7. The molecule has 0 bridgehead atoms.